The van der Waals surface area contributed by atoms with E-state index in [-0.39, 0.29) is 11.3 Å². The zero-order valence-electron chi connectivity index (χ0n) is 20.5. The SMILES string of the molecule is CCCOc1ccc(C(O)=C2C(=O)C(=O)N(c3ccccn3)[C@@H]2c2ccc(C(C)C)cc2)cc1C. The fourth-order valence-corrected chi connectivity index (χ4v) is 4.27. The lowest BCUT2D eigenvalue weighted by atomic mass is 9.93. The molecule has 6 heteroatoms. The molecule has 1 aliphatic heterocycles. The molecular weight excluding hydrogens is 440 g/mol. The van der Waals surface area contributed by atoms with Crippen LogP contribution in [0.25, 0.3) is 5.76 Å². The number of rotatable bonds is 7. The number of hydrogen-bond acceptors (Lipinski definition) is 5. The lowest BCUT2D eigenvalue weighted by Gasteiger charge is -2.24. The van der Waals surface area contributed by atoms with Crippen molar-refractivity contribution in [1.29, 1.82) is 0 Å². The second-order valence-electron chi connectivity index (χ2n) is 9.01. The molecule has 35 heavy (non-hydrogen) atoms. The lowest BCUT2D eigenvalue weighted by Crippen LogP contribution is -2.30. The topological polar surface area (TPSA) is 79.7 Å². The maximum absolute atomic E-state index is 13.3. The molecule has 3 aromatic rings. The number of ketones is 1. The zero-order chi connectivity index (χ0) is 25.1. The number of Topliss-reactive ketones (excluding diaryl/α,β-unsaturated/α-hetero) is 1. The van der Waals surface area contributed by atoms with E-state index in [1.54, 1.807) is 42.6 Å². The summed E-state index contributed by atoms with van der Waals surface area (Å²) in [7, 11) is 0. The Bertz CT molecular complexity index is 1260. The third-order valence-corrected chi connectivity index (χ3v) is 6.17. The van der Waals surface area contributed by atoms with Gasteiger partial charge in [-0.15, -0.1) is 0 Å². The van der Waals surface area contributed by atoms with Crippen LogP contribution < -0.4 is 9.64 Å². The first-order chi connectivity index (χ1) is 16.8. The summed E-state index contributed by atoms with van der Waals surface area (Å²) in [6.45, 7) is 8.71. The summed E-state index contributed by atoms with van der Waals surface area (Å²) in [5.74, 6) is -0.269. The van der Waals surface area contributed by atoms with Gasteiger partial charge in [-0.3, -0.25) is 14.5 Å². The van der Waals surface area contributed by atoms with E-state index in [0.29, 0.717) is 23.9 Å². The van der Waals surface area contributed by atoms with Gasteiger partial charge in [0.2, 0.25) is 0 Å². The van der Waals surface area contributed by atoms with Gasteiger partial charge in [-0.05, 0) is 66.3 Å². The summed E-state index contributed by atoms with van der Waals surface area (Å²) in [6.07, 6.45) is 2.46. The van der Waals surface area contributed by atoms with E-state index in [1.807, 2.05) is 38.1 Å². The van der Waals surface area contributed by atoms with E-state index in [1.165, 1.54) is 4.90 Å². The van der Waals surface area contributed by atoms with Crippen LogP contribution in [0.3, 0.4) is 0 Å². The molecular formula is C29H30N2O4. The number of aliphatic hydroxyl groups excluding tert-OH is 1. The van der Waals surface area contributed by atoms with Crippen molar-refractivity contribution in [2.45, 2.75) is 46.1 Å². The molecule has 180 valence electrons. The quantitative estimate of drug-likeness (QED) is 0.263. The Morgan fingerprint density at radius 3 is 2.43 bits per heavy atom. The van der Waals surface area contributed by atoms with Crippen molar-refractivity contribution in [1.82, 2.24) is 4.98 Å². The number of anilines is 1. The minimum Gasteiger partial charge on any atom is -0.507 e. The number of carbonyl (C=O) groups excluding carboxylic acids is 2. The summed E-state index contributed by atoms with van der Waals surface area (Å²) >= 11 is 0. The summed E-state index contributed by atoms with van der Waals surface area (Å²) in [5.41, 5.74) is 3.19. The van der Waals surface area contributed by atoms with Gasteiger partial charge in [0, 0.05) is 11.8 Å². The summed E-state index contributed by atoms with van der Waals surface area (Å²) in [6, 6.07) is 17.4. The van der Waals surface area contributed by atoms with Gasteiger partial charge in [-0.1, -0.05) is 51.1 Å². The Labute approximate surface area is 205 Å². The molecule has 2 heterocycles. The van der Waals surface area contributed by atoms with Crippen molar-refractivity contribution in [3.63, 3.8) is 0 Å². The third kappa shape index (κ3) is 4.69. The number of aliphatic hydroxyl groups is 1. The Kier molecular flexibility index (Phi) is 7.01. The molecule has 0 aliphatic carbocycles. The standard InChI is InChI=1S/C29H30N2O4/c1-5-16-35-23-14-13-22(17-19(23)4)27(32)25-26(21-11-9-20(10-12-21)18(2)3)31(29(34)28(25)33)24-8-6-7-15-30-24/h6-15,17-18,26,32H,5,16H2,1-4H3/t26-/m1/s1. The van der Waals surface area contributed by atoms with Crippen LogP contribution in [-0.4, -0.2) is 28.4 Å². The van der Waals surface area contributed by atoms with E-state index in [4.69, 9.17) is 4.74 Å². The molecule has 0 saturated carbocycles. The zero-order valence-corrected chi connectivity index (χ0v) is 20.5. The normalized spacial score (nSPS) is 17.3. The largest absolute Gasteiger partial charge is 0.507 e. The van der Waals surface area contributed by atoms with Crippen LogP contribution in [0.5, 0.6) is 5.75 Å². The second-order valence-corrected chi connectivity index (χ2v) is 9.01. The van der Waals surface area contributed by atoms with Crippen molar-refractivity contribution in [2.75, 3.05) is 11.5 Å². The molecule has 1 fully saturated rings. The van der Waals surface area contributed by atoms with Crippen LogP contribution in [0, 0.1) is 6.92 Å². The highest BCUT2D eigenvalue weighted by Gasteiger charge is 2.47. The Morgan fingerprint density at radius 2 is 1.83 bits per heavy atom. The van der Waals surface area contributed by atoms with E-state index in [0.717, 1.165) is 28.9 Å². The maximum atomic E-state index is 13.3. The molecule has 1 N–H and O–H groups in total. The van der Waals surface area contributed by atoms with Crippen molar-refractivity contribution in [2.24, 2.45) is 0 Å². The van der Waals surface area contributed by atoms with Crippen LogP contribution in [-0.2, 0) is 9.59 Å². The molecule has 4 rings (SSSR count). The van der Waals surface area contributed by atoms with Crippen LogP contribution >= 0.6 is 0 Å². The van der Waals surface area contributed by atoms with E-state index in [2.05, 4.69) is 18.8 Å². The number of aromatic nitrogens is 1. The van der Waals surface area contributed by atoms with E-state index in [9.17, 15) is 14.7 Å². The van der Waals surface area contributed by atoms with Crippen LogP contribution in [0.2, 0.25) is 0 Å². The van der Waals surface area contributed by atoms with Gasteiger partial charge in [-0.2, -0.15) is 0 Å². The highest BCUT2D eigenvalue weighted by molar-refractivity contribution is 6.51. The van der Waals surface area contributed by atoms with Gasteiger partial charge in [0.1, 0.15) is 17.3 Å². The third-order valence-electron chi connectivity index (χ3n) is 6.17. The number of ether oxygens (including phenoxy) is 1. The molecule has 6 nitrogen and oxygen atoms in total. The van der Waals surface area contributed by atoms with Crippen LogP contribution in [0.1, 0.15) is 61.4 Å². The maximum Gasteiger partial charge on any atom is 0.301 e. The second kappa shape index (κ2) is 10.1. The molecule has 0 unspecified atom stereocenters. The summed E-state index contributed by atoms with van der Waals surface area (Å²) < 4.78 is 5.74. The first-order valence-electron chi connectivity index (χ1n) is 11.9. The fraction of sp³-hybridized carbons (Fsp3) is 0.276. The fourth-order valence-electron chi connectivity index (χ4n) is 4.27. The Hall–Kier alpha value is -3.93. The molecule has 0 bridgehead atoms. The molecule has 1 amide bonds. The van der Waals surface area contributed by atoms with Gasteiger partial charge in [0.15, 0.2) is 0 Å². The Balaban J connectivity index is 1.86. The minimum absolute atomic E-state index is 0.0413. The van der Waals surface area contributed by atoms with Crippen LogP contribution in [0.15, 0.2) is 72.4 Å². The van der Waals surface area contributed by atoms with Gasteiger partial charge in [-0.25, -0.2) is 4.98 Å². The first kappa shape index (κ1) is 24.2. The predicted octanol–water partition coefficient (Wildman–Crippen LogP) is 5.93. The highest BCUT2D eigenvalue weighted by Crippen LogP contribution is 2.42. The number of pyridine rings is 1. The number of hydrogen-bond donors (Lipinski definition) is 1. The molecule has 0 spiro atoms. The smallest absolute Gasteiger partial charge is 0.301 e. The molecule has 2 aromatic carbocycles. The van der Waals surface area contributed by atoms with Gasteiger partial charge in [0.05, 0.1) is 18.2 Å². The van der Waals surface area contributed by atoms with Gasteiger partial charge >= 0.3 is 5.91 Å². The monoisotopic (exact) mass is 470 g/mol. The van der Waals surface area contributed by atoms with Gasteiger partial charge in [0.25, 0.3) is 5.78 Å². The molecule has 1 aromatic heterocycles. The predicted molar refractivity (Wildman–Crippen MR) is 137 cm³/mol. The van der Waals surface area contributed by atoms with Crippen molar-refractivity contribution in [3.8, 4) is 5.75 Å². The average molecular weight is 471 g/mol. The van der Waals surface area contributed by atoms with Gasteiger partial charge < -0.3 is 9.84 Å². The highest BCUT2D eigenvalue weighted by atomic mass is 16.5. The molecule has 0 radical (unpaired) electrons. The number of amides is 1. The van der Waals surface area contributed by atoms with E-state index >= 15 is 0 Å². The Morgan fingerprint density at radius 1 is 1.09 bits per heavy atom. The molecule has 1 aliphatic rings. The number of nitrogens with zero attached hydrogens (tertiary/aromatic N) is 2. The molecule has 1 atom stereocenters. The first-order valence-corrected chi connectivity index (χ1v) is 11.9. The van der Waals surface area contributed by atoms with Crippen LogP contribution in [0.4, 0.5) is 5.82 Å². The summed E-state index contributed by atoms with van der Waals surface area (Å²) in [5, 5.41) is 11.4. The van der Waals surface area contributed by atoms with Crippen molar-refractivity contribution < 1.29 is 19.4 Å². The van der Waals surface area contributed by atoms with E-state index < -0.39 is 17.7 Å². The van der Waals surface area contributed by atoms with Crippen molar-refractivity contribution >= 4 is 23.3 Å². The van der Waals surface area contributed by atoms with Crippen molar-refractivity contribution in [3.05, 3.63) is 94.7 Å². The average Bonchev–Trinajstić information content (AvgIpc) is 3.13. The summed E-state index contributed by atoms with van der Waals surface area (Å²) in [4.78, 5) is 32.2. The number of benzene rings is 2. The lowest BCUT2D eigenvalue weighted by molar-refractivity contribution is -0.132. The molecule has 1 saturated heterocycles. The number of aryl methyl sites for hydroxylation is 1. The minimum atomic E-state index is -0.803. The number of carbonyl (C=O) groups is 2.